The molecule has 1 unspecified atom stereocenters. The van der Waals surface area contributed by atoms with Gasteiger partial charge in [-0.3, -0.25) is 5.43 Å². The molecule has 7 heteroatoms. The molecule has 2 aliphatic rings. The molecule has 2 heterocycles. The van der Waals surface area contributed by atoms with Crippen LogP contribution in [0.25, 0.3) is 0 Å². The number of carbonyl (C=O) groups excluding carboxylic acids is 1. The fourth-order valence-electron chi connectivity index (χ4n) is 2.19. The first kappa shape index (κ1) is 13.1. The number of aliphatic carboxylic acids is 1. The van der Waals surface area contributed by atoms with Crippen molar-refractivity contribution in [3.8, 4) is 0 Å². The number of carboxylic acid groups (broad SMARTS) is 1. The Bertz CT molecular complexity index is 317. The van der Waals surface area contributed by atoms with Gasteiger partial charge in [-0.05, 0) is 12.8 Å². The number of carboxylic acids is 1. The van der Waals surface area contributed by atoms with Crippen LogP contribution in [0.4, 0.5) is 4.79 Å². The van der Waals surface area contributed by atoms with Gasteiger partial charge in [-0.2, -0.15) is 0 Å². The maximum absolute atomic E-state index is 12.0. The molecule has 2 N–H and O–H groups in total. The van der Waals surface area contributed by atoms with Crippen molar-refractivity contribution < 1.29 is 19.4 Å². The number of carbonyl (C=O) groups is 2. The van der Waals surface area contributed by atoms with E-state index in [2.05, 4.69) is 5.43 Å². The molecule has 0 bridgehead atoms. The van der Waals surface area contributed by atoms with Crippen molar-refractivity contribution in [3.63, 3.8) is 0 Å². The van der Waals surface area contributed by atoms with E-state index < -0.39 is 12.1 Å². The minimum atomic E-state index is -1.02. The molecule has 0 spiro atoms. The van der Waals surface area contributed by atoms with E-state index in [1.807, 2.05) is 5.01 Å². The standard InChI is InChI=1S/C11H19N3O4/c15-10(16)9-8-13(6-7-18-9)11(17)12-14-4-2-1-3-5-14/h9H,1-8H2,(H,12,17)(H,15,16). The zero-order chi connectivity index (χ0) is 13.0. The van der Waals surface area contributed by atoms with Crippen molar-refractivity contribution in [3.05, 3.63) is 0 Å². The molecule has 2 aliphatic heterocycles. The maximum atomic E-state index is 12.0. The first-order chi connectivity index (χ1) is 8.66. The molecular formula is C11H19N3O4. The number of ether oxygens (including phenoxy) is 1. The van der Waals surface area contributed by atoms with Crippen LogP contribution in [0.2, 0.25) is 0 Å². The lowest BCUT2D eigenvalue weighted by Crippen LogP contribution is -2.56. The summed E-state index contributed by atoms with van der Waals surface area (Å²) in [6.45, 7) is 2.53. The van der Waals surface area contributed by atoms with Crippen LogP contribution in [0.1, 0.15) is 19.3 Å². The van der Waals surface area contributed by atoms with Crippen molar-refractivity contribution in [2.75, 3.05) is 32.8 Å². The van der Waals surface area contributed by atoms with Crippen LogP contribution in [-0.4, -0.2) is 65.9 Å². The zero-order valence-corrected chi connectivity index (χ0v) is 10.3. The highest BCUT2D eigenvalue weighted by Crippen LogP contribution is 2.08. The smallest absolute Gasteiger partial charge is 0.334 e. The second kappa shape index (κ2) is 6.01. The summed E-state index contributed by atoms with van der Waals surface area (Å²) in [6, 6.07) is -0.230. The Morgan fingerprint density at radius 3 is 2.56 bits per heavy atom. The van der Waals surface area contributed by atoms with Crippen LogP contribution in [-0.2, 0) is 9.53 Å². The summed E-state index contributed by atoms with van der Waals surface area (Å²) in [5, 5.41) is 10.8. The van der Waals surface area contributed by atoms with Crippen LogP contribution in [0.15, 0.2) is 0 Å². The van der Waals surface area contributed by atoms with Crippen LogP contribution in [0.5, 0.6) is 0 Å². The van der Waals surface area contributed by atoms with E-state index in [-0.39, 0.29) is 19.2 Å². The van der Waals surface area contributed by atoms with E-state index in [0.29, 0.717) is 6.54 Å². The second-order valence-corrected chi connectivity index (χ2v) is 4.61. The number of rotatable bonds is 2. The van der Waals surface area contributed by atoms with Gasteiger partial charge in [-0.1, -0.05) is 6.42 Å². The molecular weight excluding hydrogens is 238 g/mol. The molecule has 1 atom stereocenters. The Balaban J connectivity index is 1.82. The predicted octanol–water partition coefficient (Wildman–Crippen LogP) is -0.118. The molecule has 102 valence electrons. The molecule has 2 rings (SSSR count). The number of hydrogen-bond acceptors (Lipinski definition) is 4. The van der Waals surface area contributed by atoms with E-state index in [1.54, 1.807) is 0 Å². The molecule has 18 heavy (non-hydrogen) atoms. The minimum absolute atomic E-state index is 0.106. The molecule has 2 fully saturated rings. The van der Waals surface area contributed by atoms with Crippen molar-refractivity contribution >= 4 is 12.0 Å². The Hall–Kier alpha value is -1.34. The first-order valence-corrected chi connectivity index (χ1v) is 6.32. The lowest BCUT2D eigenvalue weighted by atomic mass is 10.2. The summed E-state index contributed by atoms with van der Waals surface area (Å²) < 4.78 is 5.07. The molecule has 0 aliphatic carbocycles. The highest BCUT2D eigenvalue weighted by molar-refractivity contribution is 5.77. The van der Waals surface area contributed by atoms with Gasteiger partial charge in [0.1, 0.15) is 0 Å². The third-order valence-corrected chi connectivity index (χ3v) is 3.24. The molecule has 7 nitrogen and oxygen atoms in total. The van der Waals surface area contributed by atoms with Gasteiger partial charge in [0.15, 0.2) is 6.10 Å². The fraction of sp³-hybridized carbons (Fsp3) is 0.818. The summed E-state index contributed by atoms with van der Waals surface area (Å²) in [7, 11) is 0. The van der Waals surface area contributed by atoms with Crippen molar-refractivity contribution in [2.24, 2.45) is 0 Å². The van der Waals surface area contributed by atoms with E-state index in [0.717, 1.165) is 25.9 Å². The van der Waals surface area contributed by atoms with Gasteiger partial charge in [0.25, 0.3) is 0 Å². The van der Waals surface area contributed by atoms with E-state index in [4.69, 9.17) is 9.84 Å². The highest BCUT2D eigenvalue weighted by atomic mass is 16.5. The number of nitrogens with one attached hydrogen (secondary N) is 1. The molecule has 2 saturated heterocycles. The SMILES string of the molecule is O=C(O)C1CN(C(=O)NN2CCCCC2)CCO1. The Morgan fingerprint density at radius 2 is 1.89 bits per heavy atom. The highest BCUT2D eigenvalue weighted by Gasteiger charge is 2.29. The zero-order valence-electron chi connectivity index (χ0n) is 10.3. The van der Waals surface area contributed by atoms with Gasteiger partial charge < -0.3 is 14.7 Å². The van der Waals surface area contributed by atoms with Gasteiger partial charge in [-0.25, -0.2) is 14.6 Å². The number of amides is 2. The van der Waals surface area contributed by atoms with Crippen molar-refractivity contribution in [1.82, 2.24) is 15.3 Å². The number of nitrogens with zero attached hydrogens (tertiary/aromatic N) is 2. The molecule has 2 amide bonds. The summed E-state index contributed by atoms with van der Waals surface area (Å²) in [5.41, 5.74) is 2.82. The third kappa shape index (κ3) is 3.33. The maximum Gasteiger partial charge on any atom is 0.334 e. The average molecular weight is 257 g/mol. The summed E-state index contributed by atoms with van der Waals surface area (Å²) in [5.74, 6) is -1.02. The molecule has 0 aromatic carbocycles. The topological polar surface area (TPSA) is 82.1 Å². The lowest BCUT2D eigenvalue weighted by molar-refractivity contribution is -0.154. The largest absolute Gasteiger partial charge is 0.479 e. The van der Waals surface area contributed by atoms with Gasteiger partial charge >= 0.3 is 12.0 Å². The quantitative estimate of drug-likeness (QED) is 0.721. The lowest BCUT2D eigenvalue weighted by Gasteiger charge is -2.34. The Morgan fingerprint density at radius 1 is 1.17 bits per heavy atom. The minimum Gasteiger partial charge on any atom is -0.479 e. The van der Waals surface area contributed by atoms with E-state index >= 15 is 0 Å². The summed E-state index contributed by atoms with van der Waals surface area (Å²) in [6.07, 6.45) is 2.46. The van der Waals surface area contributed by atoms with Crippen LogP contribution in [0, 0.1) is 0 Å². The normalized spacial score (nSPS) is 25.8. The van der Waals surface area contributed by atoms with E-state index in [1.165, 1.54) is 11.3 Å². The summed E-state index contributed by atoms with van der Waals surface area (Å²) in [4.78, 5) is 24.3. The fourth-order valence-corrected chi connectivity index (χ4v) is 2.19. The third-order valence-electron chi connectivity index (χ3n) is 3.24. The predicted molar refractivity (Wildman–Crippen MR) is 62.9 cm³/mol. The van der Waals surface area contributed by atoms with Gasteiger partial charge in [0.05, 0.1) is 13.2 Å². The Labute approximate surface area is 106 Å². The number of hydrogen-bond donors (Lipinski definition) is 2. The number of hydrazine groups is 1. The molecule has 0 aromatic rings. The monoisotopic (exact) mass is 257 g/mol. The van der Waals surface area contributed by atoms with E-state index in [9.17, 15) is 9.59 Å². The number of morpholine rings is 1. The van der Waals surface area contributed by atoms with Gasteiger partial charge in [0.2, 0.25) is 0 Å². The average Bonchev–Trinajstić information content (AvgIpc) is 2.40. The van der Waals surface area contributed by atoms with Crippen molar-refractivity contribution in [2.45, 2.75) is 25.4 Å². The molecule has 0 saturated carbocycles. The molecule has 0 radical (unpaired) electrons. The molecule has 0 aromatic heterocycles. The number of piperidine rings is 1. The van der Waals surface area contributed by atoms with Crippen molar-refractivity contribution in [1.29, 1.82) is 0 Å². The summed E-state index contributed by atoms with van der Waals surface area (Å²) >= 11 is 0. The van der Waals surface area contributed by atoms with Crippen LogP contribution < -0.4 is 5.43 Å². The van der Waals surface area contributed by atoms with Gasteiger partial charge in [0, 0.05) is 19.6 Å². The second-order valence-electron chi connectivity index (χ2n) is 4.61. The first-order valence-electron chi connectivity index (χ1n) is 6.32. The van der Waals surface area contributed by atoms with Crippen LogP contribution in [0.3, 0.4) is 0 Å². The van der Waals surface area contributed by atoms with Crippen LogP contribution >= 0.6 is 0 Å². The number of urea groups is 1. The van der Waals surface area contributed by atoms with Gasteiger partial charge in [-0.15, -0.1) is 0 Å². The Kier molecular flexibility index (Phi) is 4.38.